The van der Waals surface area contributed by atoms with Gasteiger partial charge in [0, 0.05) is 6.42 Å². The van der Waals surface area contributed by atoms with Gasteiger partial charge in [0.2, 0.25) is 11.0 Å². The number of carboxylic acids is 1. The molecule has 2 aromatic rings. The molecule has 0 spiro atoms. The number of nitrogens with zero attached hydrogens (tertiary/aromatic N) is 6. The average molecular weight is 270 g/mol. The highest BCUT2D eigenvalue weighted by Gasteiger charge is 2.10. The van der Waals surface area contributed by atoms with E-state index in [-0.39, 0.29) is 5.75 Å². The van der Waals surface area contributed by atoms with Gasteiger partial charge in [-0.2, -0.15) is 4.98 Å². The van der Waals surface area contributed by atoms with Gasteiger partial charge in [-0.3, -0.25) is 4.79 Å². The summed E-state index contributed by atoms with van der Waals surface area (Å²) in [6.07, 6.45) is 0.493. The zero-order valence-electron chi connectivity index (χ0n) is 9.48. The molecule has 18 heavy (non-hydrogen) atoms. The van der Waals surface area contributed by atoms with Crippen molar-refractivity contribution in [2.24, 2.45) is 0 Å². The first-order valence-electron chi connectivity index (χ1n) is 5.05. The van der Waals surface area contributed by atoms with E-state index in [1.54, 1.807) is 6.92 Å². The number of thioether (sulfide) groups is 1. The summed E-state index contributed by atoms with van der Waals surface area (Å²) in [4.78, 5) is 14.5. The number of hydrogen-bond acceptors (Lipinski definition) is 8. The predicted octanol–water partition coefficient (Wildman–Crippen LogP) is -0.216. The Bertz CT molecular complexity index is 538. The number of carbonyl (C=O) groups is 1. The smallest absolute Gasteiger partial charge is 0.313 e. The molecule has 0 saturated heterocycles. The first-order valence-corrected chi connectivity index (χ1v) is 6.03. The standard InChI is InChI=1S/C8H10N6O3S/c1-5-9-6(17-11-5)2-3-14-8(10-12-13-14)18-4-7(15)16/h2-4H2,1H3,(H,15,16). The lowest BCUT2D eigenvalue weighted by Crippen LogP contribution is -2.07. The summed E-state index contributed by atoms with van der Waals surface area (Å²) in [7, 11) is 0. The fraction of sp³-hybridized carbons (Fsp3) is 0.500. The minimum Gasteiger partial charge on any atom is -0.481 e. The van der Waals surface area contributed by atoms with Gasteiger partial charge in [0.25, 0.3) is 0 Å². The molecular weight excluding hydrogens is 260 g/mol. The van der Waals surface area contributed by atoms with Crippen LogP contribution in [-0.2, 0) is 17.8 Å². The molecule has 9 nitrogen and oxygen atoms in total. The maximum atomic E-state index is 10.5. The third kappa shape index (κ3) is 3.26. The summed E-state index contributed by atoms with van der Waals surface area (Å²) in [5, 5.41) is 23.7. The Morgan fingerprint density at radius 3 is 3.06 bits per heavy atom. The first-order chi connectivity index (χ1) is 8.65. The Kier molecular flexibility index (Phi) is 3.87. The molecule has 0 amide bonds. The van der Waals surface area contributed by atoms with Crippen molar-refractivity contribution in [2.45, 2.75) is 25.0 Å². The highest BCUT2D eigenvalue weighted by Crippen LogP contribution is 2.13. The number of aryl methyl sites for hydroxylation is 3. The number of aromatic nitrogens is 6. The number of carboxylic acid groups (broad SMARTS) is 1. The second-order valence-corrected chi connectivity index (χ2v) is 4.29. The number of hydrogen-bond donors (Lipinski definition) is 1. The Morgan fingerprint density at radius 2 is 2.39 bits per heavy atom. The van der Waals surface area contributed by atoms with Gasteiger partial charge in [0.05, 0.1) is 12.3 Å². The van der Waals surface area contributed by atoms with Crippen LogP contribution in [0.4, 0.5) is 0 Å². The summed E-state index contributed by atoms with van der Waals surface area (Å²) in [5.41, 5.74) is 0. The van der Waals surface area contributed by atoms with Crippen molar-refractivity contribution in [1.82, 2.24) is 30.3 Å². The fourth-order valence-electron chi connectivity index (χ4n) is 1.21. The fourth-order valence-corrected chi connectivity index (χ4v) is 1.83. The maximum Gasteiger partial charge on any atom is 0.313 e. The van der Waals surface area contributed by atoms with Crippen molar-refractivity contribution in [3.05, 3.63) is 11.7 Å². The molecule has 2 aromatic heterocycles. The lowest BCUT2D eigenvalue weighted by atomic mass is 10.4. The molecule has 0 aliphatic heterocycles. The minimum atomic E-state index is -0.915. The molecule has 0 aliphatic carbocycles. The third-order valence-corrected chi connectivity index (χ3v) is 2.87. The number of tetrazole rings is 1. The molecule has 0 aromatic carbocycles. The Hall–Kier alpha value is -1.97. The van der Waals surface area contributed by atoms with Crippen molar-refractivity contribution in [3.8, 4) is 0 Å². The molecule has 2 heterocycles. The molecule has 0 saturated carbocycles. The van der Waals surface area contributed by atoms with Crippen molar-refractivity contribution in [3.63, 3.8) is 0 Å². The molecule has 0 radical (unpaired) electrons. The van der Waals surface area contributed by atoms with Gasteiger partial charge in [-0.15, -0.1) is 5.10 Å². The van der Waals surface area contributed by atoms with Gasteiger partial charge >= 0.3 is 5.97 Å². The molecule has 10 heteroatoms. The highest BCUT2D eigenvalue weighted by molar-refractivity contribution is 7.99. The van der Waals surface area contributed by atoms with E-state index in [1.807, 2.05) is 0 Å². The second kappa shape index (κ2) is 5.58. The van der Waals surface area contributed by atoms with Crippen molar-refractivity contribution in [2.75, 3.05) is 5.75 Å². The van der Waals surface area contributed by atoms with Crippen LogP contribution in [0, 0.1) is 6.92 Å². The predicted molar refractivity (Wildman–Crippen MR) is 58.9 cm³/mol. The molecule has 0 unspecified atom stereocenters. The van der Waals surface area contributed by atoms with Crippen LogP contribution in [0.1, 0.15) is 11.7 Å². The van der Waals surface area contributed by atoms with Gasteiger partial charge in [-0.05, 0) is 17.4 Å². The second-order valence-electron chi connectivity index (χ2n) is 3.35. The van der Waals surface area contributed by atoms with Crippen molar-refractivity contribution < 1.29 is 14.4 Å². The van der Waals surface area contributed by atoms with E-state index in [1.165, 1.54) is 4.68 Å². The third-order valence-electron chi connectivity index (χ3n) is 1.93. The van der Waals surface area contributed by atoms with Crippen LogP contribution in [0.3, 0.4) is 0 Å². The summed E-state index contributed by atoms with van der Waals surface area (Å²) in [6, 6.07) is 0. The zero-order valence-corrected chi connectivity index (χ0v) is 10.3. The summed E-state index contributed by atoms with van der Waals surface area (Å²) in [6.45, 7) is 2.19. The molecule has 0 fully saturated rings. The molecule has 0 aliphatic rings. The van der Waals surface area contributed by atoms with E-state index in [0.29, 0.717) is 29.8 Å². The number of aliphatic carboxylic acids is 1. The lowest BCUT2D eigenvalue weighted by Gasteiger charge is -2.00. The molecule has 0 bridgehead atoms. The van der Waals surface area contributed by atoms with Crippen molar-refractivity contribution in [1.29, 1.82) is 0 Å². The zero-order chi connectivity index (χ0) is 13.0. The van der Waals surface area contributed by atoms with Gasteiger partial charge in [-0.25, -0.2) is 4.68 Å². The Balaban J connectivity index is 1.93. The van der Waals surface area contributed by atoms with E-state index in [0.717, 1.165) is 11.8 Å². The van der Waals surface area contributed by atoms with E-state index in [9.17, 15) is 4.79 Å². The topological polar surface area (TPSA) is 120 Å². The maximum absolute atomic E-state index is 10.5. The van der Waals surface area contributed by atoms with E-state index >= 15 is 0 Å². The van der Waals surface area contributed by atoms with Crippen LogP contribution in [0.5, 0.6) is 0 Å². The van der Waals surface area contributed by atoms with Gasteiger partial charge in [0.1, 0.15) is 0 Å². The normalized spacial score (nSPS) is 10.7. The average Bonchev–Trinajstić information content (AvgIpc) is 2.92. The summed E-state index contributed by atoms with van der Waals surface area (Å²) < 4.78 is 6.46. The molecular formula is C8H10N6O3S. The Morgan fingerprint density at radius 1 is 1.56 bits per heavy atom. The highest BCUT2D eigenvalue weighted by atomic mass is 32.2. The van der Waals surface area contributed by atoms with Gasteiger partial charge in [-0.1, -0.05) is 16.9 Å². The quantitative estimate of drug-likeness (QED) is 0.710. The van der Waals surface area contributed by atoms with Crippen LogP contribution in [0.25, 0.3) is 0 Å². The van der Waals surface area contributed by atoms with E-state index in [2.05, 4.69) is 25.7 Å². The first kappa shape index (κ1) is 12.5. The van der Waals surface area contributed by atoms with Crippen LogP contribution >= 0.6 is 11.8 Å². The number of rotatable bonds is 6. The van der Waals surface area contributed by atoms with Crippen molar-refractivity contribution >= 4 is 17.7 Å². The largest absolute Gasteiger partial charge is 0.481 e. The van der Waals surface area contributed by atoms with Gasteiger partial charge in [0.15, 0.2) is 5.82 Å². The molecule has 0 atom stereocenters. The van der Waals surface area contributed by atoms with E-state index < -0.39 is 5.97 Å². The van der Waals surface area contributed by atoms with Crippen LogP contribution in [0.15, 0.2) is 9.68 Å². The van der Waals surface area contributed by atoms with E-state index in [4.69, 9.17) is 9.63 Å². The van der Waals surface area contributed by atoms with Crippen LogP contribution in [-0.4, -0.2) is 47.2 Å². The molecule has 96 valence electrons. The van der Waals surface area contributed by atoms with Crippen LogP contribution in [0.2, 0.25) is 0 Å². The molecule has 1 N–H and O–H groups in total. The SMILES string of the molecule is Cc1noc(CCn2nnnc2SCC(=O)O)n1. The minimum absolute atomic E-state index is 0.0833. The van der Waals surface area contributed by atoms with Crippen LogP contribution < -0.4 is 0 Å². The lowest BCUT2D eigenvalue weighted by molar-refractivity contribution is -0.133. The molecule has 2 rings (SSSR count). The summed E-state index contributed by atoms with van der Waals surface area (Å²) in [5.74, 6) is 0.0708. The monoisotopic (exact) mass is 270 g/mol. The Labute approximate surface area is 106 Å². The summed E-state index contributed by atoms with van der Waals surface area (Å²) >= 11 is 1.06. The van der Waals surface area contributed by atoms with Gasteiger partial charge < -0.3 is 9.63 Å².